The summed E-state index contributed by atoms with van der Waals surface area (Å²) in [7, 11) is 2.18. The number of hydrogen-bond acceptors (Lipinski definition) is 3. The predicted octanol–water partition coefficient (Wildman–Crippen LogP) is 3.20. The van der Waals surface area contributed by atoms with Gasteiger partial charge in [0.1, 0.15) is 0 Å². The van der Waals surface area contributed by atoms with Crippen molar-refractivity contribution in [3.8, 4) is 0 Å². The third kappa shape index (κ3) is 4.04. The van der Waals surface area contributed by atoms with Crippen molar-refractivity contribution >= 4 is 15.9 Å². The molecule has 0 spiro atoms. The molecule has 2 rings (SSSR count). The maximum atomic E-state index is 6.26. The number of ether oxygens (including phenoxy) is 1. The van der Waals surface area contributed by atoms with Crippen LogP contribution in [0.5, 0.6) is 0 Å². The van der Waals surface area contributed by atoms with E-state index >= 15 is 0 Å². The molecule has 3 nitrogen and oxygen atoms in total. The van der Waals surface area contributed by atoms with E-state index in [9.17, 15) is 0 Å². The van der Waals surface area contributed by atoms with Gasteiger partial charge in [-0.05, 0) is 44.4 Å². The highest BCUT2D eigenvalue weighted by molar-refractivity contribution is 9.10. The summed E-state index contributed by atoms with van der Waals surface area (Å²) in [5.41, 5.74) is 7.53. The van der Waals surface area contributed by atoms with Crippen molar-refractivity contribution in [1.29, 1.82) is 0 Å². The summed E-state index contributed by atoms with van der Waals surface area (Å²) in [4.78, 5) is 2.40. The molecule has 0 saturated carbocycles. The van der Waals surface area contributed by atoms with Crippen molar-refractivity contribution in [2.75, 3.05) is 26.8 Å². The molecule has 1 aromatic carbocycles. The molecular formula is C16H25BrN2O. The van der Waals surface area contributed by atoms with Crippen LogP contribution in [0, 0.1) is 5.92 Å². The Morgan fingerprint density at radius 3 is 2.60 bits per heavy atom. The van der Waals surface area contributed by atoms with Gasteiger partial charge in [0.25, 0.3) is 0 Å². The second-order valence-corrected chi connectivity index (χ2v) is 6.68. The smallest absolute Gasteiger partial charge is 0.0504 e. The summed E-state index contributed by atoms with van der Waals surface area (Å²) in [5.74, 6) is 0.720. The highest BCUT2D eigenvalue weighted by Crippen LogP contribution is 2.30. The molecule has 1 heterocycles. The van der Waals surface area contributed by atoms with E-state index in [0.717, 1.165) is 43.0 Å². The standard InChI is InChI=1S/C16H25BrN2O/c1-12(18)16(14-5-3-4-6-15(14)17)19(2)11-13-7-9-20-10-8-13/h3-6,12-13,16H,7-11,18H2,1-2H3. The van der Waals surface area contributed by atoms with E-state index in [1.54, 1.807) is 0 Å². The van der Waals surface area contributed by atoms with Crippen molar-refractivity contribution in [2.45, 2.75) is 31.8 Å². The SMILES string of the molecule is CC(N)C(c1ccccc1Br)N(C)CC1CCOCC1. The lowest BCUT2D eigenvalue weighted by molar-refractivity contribution is 0.0486. The minimum Gasteiger partial charge on any atom is -0.381 e. The van der Waals surface area contributed by atoms with Gasteiger partial charge < -0.3 is 10.5 Å². The Morgan fingerprint density at radius 2 is 2.00 bits per heavy atom. The highest BCUT2D eigenvalue weighted by atomic mass is 79.9. The Kier molecular flexibility index (Phi) is 6.02. The van der Waals surface area contributed by atoms with Crippen LogP contribution in [0.2, 0.25) is 0 Å². The van der Waals surface area contributed by atoms with Crippen molar-refractivity contribution in [3.63, 3.8) is 0 Å². The summed E-state index contributed by atoms with van der Waals surface area (Å²) in [6.45, 7) is 4.97. The van der Waals surface area contributed by atoms with Crippen molar-refractivity contribution in [3.05, 3.63) is 34.3 Å². The molecule has 1 saturated heterocycles. The molecule has 0 amide bonds. The van der Waals surface area contributed by atoms with Crippen LogP contribution in [-0.2, 0) is 4.74 Å². The van der Waals surface area contributed by atoms with E-state index in [0.29, 0.717) is 0 Å². The molecule has 2 atom stereocenters. The second kappa shape index (κ2) is 7.55. The summed E-state index contributed by atoms with van der Waals surface area (Å²) in [6.07, 6.45) is 2.32. The number of rotatable bonds is 5. The average Bonchev–Trinajstić information content (AvgIpc) is 2.42. The van der Waals surface area contributed by atoms with Gasteiger partial charge in [-0.25, -0.2) is 0 Å². The molecule has 1 aliphatic heterocycles. The van der Waals surface area contributed by atoms with E-state index < -0.39 is 0 Å². The predicted molar refractivity (Wildman–Crippen MR) is 86.7 cm³/mol. The Labute approximate surface area is 130 Å². The minimum absolute atomic E-state index is 0.0959. The zero-order chi connectivity index (χ0) is 14.5. The van der Waals surface area contributed by atoms with Crippen LogP contribution in [0.1, 0.15) is 31.4 Å². The quantitative estimate of drug-likeness (QED) is 0.894. The molecule has 0 aromatic heterocycles. The minimum atomic E-state index is 0.0959. The van der Waals surface area contributed by atoms with E-state index in [1.165, 1.54) is 5.56 Å². The Hall–Kier alpha value is -0.420. The van der Waals surface area contributed by atoms with Crippen LogP contribution >= 0.6 is 15.9 Å². The third-order valence-corrected chi connectivity index (χ3v) is 4.81. The first-order valence-electron chi connectivity index (χ1n) is 7.37. The maximum Gasteiger partial charge on any atom is 0.0504 e. The molecule has 2 N–H and O–H groups in total. The molecule has 0 aliphatic carbocycles. The molecule has 20 heavy (non-hydrogen) atoms. The van der Waals surface area contributed by atoms with E-state index in [1.807, 2.05) is 6.07 Å². The number of nitrogens with two attached hydrogens (primary N) is 1. The van der Waals surface area contributed by atoms with Gasteiger partial charge in [0.05, 0.1) is 6.04 Å². The zero-order valence-electron chi connectivity index (χ0n) is 12.4. The maximum absolute atomic E-state index is 6.26. The average molecular weight is 341 g/mol. The van der Waals surface area contributed by atoms with Crippen LogP contribution < -0.4 is 5.73 Å². The summed E-state index contributed by atoms with van der Waals surface area (Å²) >= 11 is 3.66. The van der Waals surface area contributed by atoms with Crippen LogP contribution in [0.3, 0.4) is 0 Å². The molecule has 0 radical (unpaired) electrons. The monoisotopic (exact) mass is 340 g/mol. The molecule has 1 aromatic rings. The van der Waals surface area contributed by atoms with Gasteiger partial charge >= 0.3 is 0 Å². The van der Waals surface area contributed by atoms with Gasteiger partial charge in [-0.15, -0.1) is 0 Å². The Morgan fingerprint density at radius 1 is 1.35 bits per heavy atom. The van der Waals surface area contributed by atoms with Crippen molar-refractivity contribution < 1.29 is 4.74 Å². The normalized spacial score (nSPS) is 20.1. The van der Waals surface area contributed by atoms with Gasteiger partial charge in [-0.2, -0.15) is 0 Å². The number of benzene rings is 1. The Balaban J connectivity index is 2.09. The number of halogens is 1. The number of hydrogen-bond donors (Lipinski definition) is 1. The lowest BCUT2D eigenvalue weighted by Crippen LogP contribution is -2.40. The van der Waals surface area contributed by atoms with E-state index in [-0.39, 0.29) is 12.1 Å². The lowest BCUT2D eigenvalue weighted by atomic mass is 9.95. The summed E-state index contributed by atoms with van der Waals surface area (Å²) in [6, 6.07) is 8.72. The fraction of sp³-hybridized carbons (Fsp3) is 0.625. The van der Waals surface area contributed by atoms with Crippen molar-refractivity contribution in [2.24, 2.45) is 11.7 Å². The fourth-order valence-corrected chi connectivity index (χ4v) is 3.61. The first kappa shape index (κ1) is 16.0. The highest BCUT2D eigenvalue weighted by Gasteiger charge is 2.25. The number of nitrogens with zero attached hydrogens (tertiary/aromatic N) is 1. The molecule has 4 heteroatoms. The number of likely N-dealkylation sites (N-methyl/N-ethyl adjacent to an activating group) is 1. The van der Waals surface area contributed by atoms with Crippen LogP contribution in [0.25, 0.3) is 0 Å². The van der Waals surface area contributed by atoms with Gasteiger partial charge in [0.2, 0.25) is 0 Å². The van der Waals surface area contributed by atoms with Gasteiger partial charge in [-0.1, -0.05) is 34.1 Å². The van der Waals surface area contributed by atoms with Crippen LogP contribution in [0.4, 0.5) is 0 Å². The molecule has 0 bridgehead atoms. The molecule has 2 unspecified atom stereocenters. The van der Waals surface area contributed by atoms with Crippen LogP contribution in [0.15, 0.2) is 28.7 Å². The lowest BCUT2D eigenvalue weighted by Gasteiger charge is -2.35. The van der Waals surface area contributed by atoms with E-state index in [2.05, 4.69) is 53.0 Å². The largest absolute Gasteiger partial charge is 0.381 e. The van der Waals surface area contributed by atoms with Gasteiger partial charge in [-0.3, -0.25) is 4.90 Å². The first-order valence-corrected chi connectivity index (χ1v) is 8.17. The molecule has 1 aliphatic rings. The molecular weight excluding hydrogens is 316 g/mol. The zero-order valence-corrected chi connectivity index (χ0v) is 14.0. The first-order chi connectivity index (χ1) is 9.59. The third-order valence-electron chi connectivity index (χ3n) is 4.08. The molecule has 112 valence electrons. The fourth-order valence-electron chi connectivity index (χ4n) is 3.09. The van der Waals surface area contributed by atoms with Gasteiger partial charge in [0.15, 0.2) is 0 Å². The molecule has 1 fully saturated rings. The topological polar surface area (TPSA) is 38.5 Å². The van der Waals surface area contributed by atoms with Gasteiger partial charge in [0, 0.05) is 30.3 Å². The van der Waals surface area contributed by atoms with Crippen LogP contribution in [-0.4, -0.2) is 37.7 Å². The Bertz CT molecular complexity index is 419. The summed E-state index contributed by atoms with van der Waals surface area (Å²) < 4.78 is 6.58. The second-order valence-electron chi connectivity index (χ2n) is 5.82. The van der Waals surface area contributed by atoms with E-state index in [4.69, 9.17) is 10.5 Å². The summed E-state index contributed by atoms with van der Waals surface area (Å²) in [5, 5.41) is 0. The van der Waals surface area contributed by atoms with Crippen molar-refractivity contribution in [1.82, 2.24) is 4.90 Å².